The predicted octanol–water partition coefficient (Wildman–Crippen LogP) is 5.09. The summed E-state index contributed by atoms with van der Waals surface area (Å²) in [5.41, 5.74) is 2.59. The van der Waals surface area contributed by atoms with Gasteiger partial charge in [-0.05, 0) is 53.3 Å². The number of nitrogens with one attached hydrogen (secondary N) is 2. The zero-order chi connectivity index (χ0) is 22.3. The average Bonchev–Trinajstić information content (AvgIpc) is 3.44. The summed E-state index contributed by atoms with van der Waals surface area (Å²) < 4.78 is 24.9. The van der Waals surface area contributed by atoms with E-state index in [1.807, 2.05) is 53.3 Å². The van der Waals surface area contributed by atoms with E-state index in [9.17, 15) is 0 Å². The van der Waals surface area contributed by atoms with Gasteiger partial charge in [-0.1, -0.05) is 35.8 Å². The van der Waals surface area contributed by atoms with Crippen molar-refractivity contribution < 1.29 is 14.0 Å². The average molecular weight is 470 g/mol. The van der Waals surface area contributed by atoms with Crippen LogP contribution in [0.25, 0.3) is 11.0 Å². The predicted molar refractivity (Wildman–Crippen MR) is 129 cm³/mol. The van der Waals surface area contributed by atoms with Crippen LogP contribution in [0.4, 0.5) is 5.82 Å². The lowest BCUT2D eigenvalue weighted by molar-refractivity contribution is 0.405. The summed E-state index contributed by atoms with van der Waals surface area (Å²) in [6.45, 7) is 4.91. The molecule has 0 fully saturated rings. The molecule has 0 aliphatic heterocycles. The minimum Gasteiger partial charge on any atom is -0.496 e. The molecular formula is C22H23N5O3S2. The second-order valence-corrected chi connectivity index (χ2v) is 8.37. The zero-order valence-corrected chi connectivity index (χ0v) is 19.3. The van der Waals surface area contributed by atoms with Gasteiger partial charge in [-0.25, -0.2) is 0 Å². The smallest absolute Gasteiger partial charge is 0.191 e. The molecule has 4 aromatic rings. The third kappa shape index (κ3) is 5.04. The van der Waals surface area contributed by atoms with E-state index < -0.39 is 0 Å². The van der Waals surface area contributed by atoms with Gasteiger partial charge in [-0.15, -0.1) is 0 Å². The molecule has 32 heavy (non-hydrogen) atoms. The summed E-state index contributed by atoms with van der Waals surface area (Å²) in [4.78, 5) is 0.942. The van der Waals surface area contributed by atoms with E-state index in [-0.39, 0.29) is 0 Å². The van der Waals surface area contributed by atoms with Crippen molar-refractivity contribution >= 4 is 40.7 Å². The number of nitrogens with zero attached hydrogens (tertiary/aromatic N) is 3. The van der Waals surface area contributed by atoms with Crippen molar-refractivity contribution in [2.75, 3.05) is 18.9 Å². The highest BCUT2D eigenvalue weighted by Gasteiger charge is 2.16. The Kier molecular flexibility index (Phi) is 7.25. The number of hydrogen-bond donors (Lipinski definition) is 2. The molecule has 2 N–H and O–H groups in total. The van der Waals surface area contributed by atoms with Crippen LogP contribution in [-0.2, 0) is 13.1 Å². The molecule has 0 saturated carbocycles. The Morgan fingerprint density at radius 1 is 1.16 bits per heavy atom. The number of benzene rings is 2. The first-order valence-corrected chi connectivity index (χ1v) is 11.5. The number of hydrogen-bond acceptors (Lipinski definition) is 9. The number of anilines is 1. The second-order valence-electron chi connectivity index (χ2n) is 6.67. The van der Waals surface area contributed by atoms with Gasteiger partial charge < -0.3 is 18.7 Å². The Hall–Kier alpha value is -3.08. The van der Waals surface area contributed by atoms with Crippen molar-refractivity contribution in [3.8, 4) is 11.5 Å². The zero-order valence-electron chi connectivity index (χ0n) is 17.7. The van der Waals surface area contributed by atoms with Crippen LogP contribution in [0, 0.1) is 0 Å². The van der Waals surface area contributed by atoms with Gasteiger partial charge in [0.05, 0.1) is 37.9 Å². The van der Waals surface area contributed by atoms with Gasteiger partial charge in [-0.3, -0.25) is 9.40 Å². The summed E-state index contributed by atoms with van der Waals surface area (Å²) >= 11 is 2.84. The van der Waals surface area contributed by atoms with Crippen LogP contribution in [0.3, 0.4) is 0 Å². The SMILES string of the molecule is C=CSNCc1ccn(Cc2cc(OC)c3c(NSc4ccccc4OC)noc3c2)n1. The van der Waals surface area contributed by atoms with Gasteiger partial charge in [0, 0.05) is 6.20 Å². The van der Waals surface area contributed by atoms with Crippen molar-refractivity contribution in [3.05, 3.63) is 71.9 Å². The molecule has 10 heteroatoms. The minimum atomic E-state index is 0.584. The lowest BCUT2D eigenvalue weighted by Gasteiger charge is -2.09. The molecule has 2 aromatic carbocycles. The first kappa shape index (κ1) is 22.1. The molecule has 0 bridgehead atoms. The van der Waals surface area contributed by atoms with Gasteiger partial charge in [0.1, 0.15) is 16.9 Å². The highest BCUT2D eigenvalue weighted by Crippen LogP contribution is 2.37. The molecule has 0 amide bonds. The second kappa shape index (κ2) is 10.5. The van der Waals surface area contributed by atoms with Crippen molar-refractivity contribution in [1.29, 1.82) is 0 Å². The Morgan fingerprint density at radius 3 is 2.81 bits per heavy atom. The normalized spacial score (nSPS) is 10.9. The maximum absolute atomic E-state index is 5.65. The van der Waals surface area contributed by atoms with Crippen molar-refractivity contribution in [2.24, 2.45) is 0 Å². The summed E-state index contributed by atoms with van der Waals surface area (Å²) in [7, 11) is 3.28. The molecule has 4 rings (SSSR count). The van der Waals surface area contributed by atoms with Gasteiger partial charge in [0.15, 0.2) is 11.4 Å². The van der Waals surface area contributed by atoms with Crippen LogP contribution in [0.5, 0.6) is 11.5 Å². The highest BCUT2D eigenvalue weighted by atomic mass is 32.2. The van der Waals surface area contributed by atoms with E-state index in [0.717, 1.165) is 27.3 Å². The van der Waals surface area contributed by atoms with E-state index in [0.29, 0.717) is 30.2 Å². The maximum Gasteiger partial charge on any atom is 0.191 e. The summed E-state index contributed by atoms with van der Waals surface area (Å²) in [6.07, 6.45) is 1.95. The Balaban J connectivity index is 1.52. The fourth-order valence-electron chi connectivity index (χ4n) is 3.17. The lowest BCUT2D eigenvalue weighted by atomic mass is 10.1. The molecule has 2 heterocycles. The van der Waals surface area contributed by atoms with Crippen molar-refractivity contribution in [1.82, 2.24) is 19.7 Å². The number of para-hydroxylation sites is 1. The molecule has 0 saturated heterocycles. The van der Waals surface area contributed by atoms with Crippen LogP contribution < -0.4 is 18.9 Å². The molecule has 0 aliphatic carbocycles. The first-order chi connectivity index (χ1) is 15.7. The maximum atomic E-state index is 5.65. The van der Waals surface area contributed by atoms with Crippen LogP contribution in [0.15, 0.2) is 70.1 Å². The third-order valence-corrected chi connectivity index (χ3v) is 5.94. The van der Waals surface area contributed by atoms with E-state index in [4.69, 9.17) is 14.0 Å². The lowest BCUT2D eigenvalue weighted by Crippen LogP contribution is -2.05. The third-order valence-electron chi connectivity index (χ3n) is 4.60. The summed E-state index contributed by atoms with van der Waals surface area (Å²) in [6, 6.07) is 13.7. The van der Waals surface area contributed by atoms with E-state index in [2.05, 4.69) is 26.3 Å². The largest absolute Gasteiger partial charge is 0.496 e. The molecule has 0 spiro atoms. The monoisotopic (exact) mass is 469 g/mol. The Morgan fingerprint density at radius 2 is 2.00 bits per heavy atom. The number of aromatic nitrogens is 3. The van der Waals surface area contributed by atoms with Crippen LogP contribution in [0.1, 0.15) is 11.3 Å². The molecule has 0 atom stereocenters. The first-order valence-electron chi connectivity index (χ1n) is 9.75. The molecule has 0 unspecified atom stereocenters. The van der Waals surface area contributed by atoms with Gasteiger partial charge >= 0.3 is 0 Å². The van der Waals surface area contributed by atoms with Crippen molar-refractivity contribution in [3.63, 3.8) is 0 Å². The highest BCUT2D eigenvalue weighted by molar-refractivity contribution is 8.00. The van der Waals surface area contributed by atoms with Gasteiger partial charge in [0.25, 0.3) is 0 Å². The number of ether oxygens (including phenoxy) is 2. The Labute approximate surface area is 194 Å². The quantitative estimate of drug-likeness (QED) is 0.230. The molecule has 0 radical (unpaired) electrons. The fourth-order valence-corrected chi connectivity index (χ4v) is 4.26. The molecular weight excluding hydrogens is 446 g/mol. The molecule has 0 aliphatic rings. The van der Waals surface area contributed by atoms with E-state index >= 15 is 0 Å². The van der Waals surface area contributed by atoms with E-state index in [1.54, 1.807) is 19.6 Å². The topological polar surface area (TPSA) is 86.4 Å². The number of rotatable bonds is 11. The van der Waals surface area contributed by atoms with Crippen molar-refractivity contribution in [2.45, 2.75) is 18.0 Å². The fraction of sp³-hybridized carbons (Fsp3) is 0.182. The van der Waals surface area contributed by atoms with Crippen LogP contribution in [0.2, 0.25) is 0 Å². The minimum absolute atomic E-state index is 0.584. The molecule has 2 aromatic heterocycles. The summed E-state index contributed by atoms with van der Waals surface area (Å²) in [5, 5.41) is 11.3. The molecule has 166 valence electrons. The van der Waals surface area contributed by atoms with Crippen LogP contribution in [-0.4, -0.2) is 29.2 Å². The Bertz CT molecular complexity index is 1210. The van der Waals surface area contributed by atoms with Gasteiger partial charge in [0.2, 0.25) is 0 Å². The number of fused-ring (bicyclic) bond motifs is 1. The van der Waals surface area contributed by atoms with Crippen LogP contribution >= 0.6 is 23.9 Å². The molecule has 8 nitrogen and oxygen atoms in total. The van der Waals surface area contributed by atoms with Gasteiger partial charge in [-0.2, -0.15) is 5.10 Å². The standard InChI is InChI=1S/C22H23N5O3S2/c1-4-31-23-13-16-9-10-27(24-16)14-15-11-18(29-3)21-19(12-15)30-25-22(21)26-32-20-8-6-5-7-17(20)28-2/h4-12,23H,1,13-14H2,2-3H3,(H,25,26). The van der Waals surface area contributed by atoms with E-state index in [1.165, 1.54) is 23.9 Å². The summed E-state index contributed by atoms with van der Waals surface area (Å²) in [5.74, 6) is 2.05. The number of methoxy groups -OCH3 is 2.